The van der Waals surface area contributed by atoms with Crippen molar-refractivity contribution >= 4 is 25.7 Å². The fraction of sp³-hybridized carbons (Fsp3) is 0.828. The standard InChI is InChI=1S/C29H49N2O9P/c1-4-5-6-7-8-9-10-11-12-13-14-15-16-17-18-21(41(37,38)39)23(33)24-25(34)29(36)26(40-24)30-20-19-22(32)31(27(30)35)28(29,2)3/h18,20,23-26,33-34,36H,4-17,19H2,1-3H3,(H-,37,38,39)/p+1/b21-18-/t23?,24-,25-,26-,29-/m1/s1. The molecule has 0 aromatic rings. The van der Waals surface area contributed by atoms with Crippen LogP contribution >= 0.6 is 7.60 Å². The van der Waals surface area contributed by atoms with Crippen molar-refractivity contribution in [1.82, 2.24) is 4.90 Å². The van der Waals surface area contributed by atoms with E-state index in [0.717, 1.165) is 28.7 Å². The molecule has 0 aromatic heterocycles. The minimum atomic E-state index is -4.95. The molecule has 3 amide bonds. The number of fused-ring (bicyclic) bond motifs is 4. The van der Waals surface area contributed by atoms with Crippen LogP contribution < -0.4 is 0 Å². The topological polar surface area (TPSA) is 168 Å². The smallest absolute Gasteiger partial charge is 0.387 e. The summed E-state index contributed by atoms with van der Waals surface area (Å²) in [6, 6.07) is -0.739. The summed E-state index contributed by atoms with van der Waals surface area (Å²) >= 11 is 0. The van der Waals surface area contributed by atoms with Gasteiger partial charge in [-0.1, -0.05) is 90.0 Å². The highest BCUT2D eigenvalue weighted by Gasteiger charge is 2.77. The minimum Gasteiger partial charge on any atom is -0.387 e. The number of unbranched alkanes of at least 4 members (excludes halogenated alkanes) is 13. The maximum atomic E-state index is 12.9. The summed E-state index contributed by atoms with van der Waals surface area (Å²) in [7, 11) is -4.95. The summed E-state index contributed by atoms with van der Waals surface area (Å²) in [5.41, 5.74) is -3.85. The number of hydrogen-bond donors (Lipinski definition) is 5. The molecule has 234 valence electrons. The molecule has 12 heteroatoms. The molecule has 2 saturated heterocycles. The Morgan fingerprint density at radius 3 is 2.07 bits per heavy atom. The van der Waals surface area contributed by atoms with Crippen molar-refractivity contribution in [1.29, 1.82) is 0 Å². The third-order valence-electron chi connectivity index (χ3n) is 8.95. The van der Waals surface area contributed by atoms with Gasteiger partial charge in [-0.15, -0.1) is 0 Å². The lowest BCUT2D eigenvalue weighted by Gasteiger charge is -2.48. The number of allylic oxidation sites excluding steroid dienone is 1. The molecule has 0 aromatic carbocycles. The summed E-state index contributed by atoms with van der Waals surface area (Å²) in [5.74, 6) is -0.562. The van der Waals surface area contributed by atoms with Gasteiger partial charge in [0.1, 0.15) is 24.7 Å². The highest BCUT2D eigenvalue weighted by atomic mass is 31.2. The van der Waals surface area contributed by atoms with E-state index < -0.39 is 60.5 Å². The molecule has 3 aliphatic rings. The number of aliphatic hydroxyl groups excluding tert-OH is 2. The van der Waals surface area contributed by atoms with Gasteiger partial charge in [0, 0.05) is 0 Å². The van der Waals surface area contributed by atoms with Crippen molar-refractivity contribution in [2.75, 3.05) is 0 Å². The van der Waals surface area contributed by atoms with Gasteiger partial charge in [-0.25, -0.2) is 4.79 Å². The van der Waals surface area contributed by atoms with E-state index in [1.54, 1.807) is 0 Å². The lowest BCUT2D eigenvalue weighted by atomic mass is 9.73. The average Bonchev–Trinajstić information content (AvgIpc) is 3.17. The van der Waals surface area contributed by atoms with Crippen molar-refractivity contribution in [2.45, 2.75) is 153 Å². The molecule has 3 heterocycles. The number of ether oxygens (including phenoxy) is 1. The van der Waals surface area contributed by atoms with Crippen LogP contribution in [0.3, 0.4) is 0 Å². The van der Waals surface area contributed by atoms with E-state index in [9.17, 15) is 39.3 Å². The molecular weight excluding hydrogens is 551 g/mol. The van der Waals surface area contributed by atoms with Crippen LogP contribution in [0.25, 0.3) is 0 Å². The first kappa shape index (κ1) is 34.0. The van der Waals surface area contributed by atoms with Crippen LogP contribution in [0.1, 0.15) is 117 Å². The second-order valence-electron chi connectivity index (χ2n) is 12.2. The van der Waals surface area contributed by atoms with Gasteiger partial charge in [0.2, 0.25) is 11.8 Å². The number of imide groups is 1. The van der Waals surface area contributed by atoms with Gasteiger partial charge in [0.25, 0.3) is 0 Å². The monoisotopic (exact) mass is 601 g/mol. The highest BCUT2D eigenvalue weighted by molar-refractivity contribution is 7.56. The summed E-state index contributed by atoms with van der Waals surface area (Å²) in [4.78, 5) is 46.3. The van der Waals surface area contributed by atoms with Crippen LogP contribution in [0, 0.1) is 0 Å². The summed E-state index contributed by atoms with van der Waals surface area (Å²) in [6.45, 7) is 5.04. The lowest BCUT2D eigenvalue weighted by molar-refractivity contribution is -0.573. The van der Waals surface area contributed by atoms with Crippen molar-refractivity contribution in [3.05, 3.63) is 11.4 Å². The number of carbonyl (C=O) groups is 2. The Balaban J connectivity index is 1.54. The Kier molecular flexibility index (Phi) is 11.9. The Hall–Kier alpha value is -1.46. The number of urea groups is 1. The number of amides is 3. The van der Waals surface area contributed by atoms with Gasteiger partial charge in [0.05, 0.1) is 11.5 Å². The SMILES string of the molecule is CCCCCCCCCCCCCCC/C=C(/C(O)[C@H]1O[C@H]2[N+]3=CCC(=O)N(C3=O)C(C)(C)[C@@]2(O)[C@@H]1O)P(=O)(O)O. The summed E-state index contributed by atoms with van der Waals surface area (Å²) in [6.07, 6.45) is 11.0. The largest absolute Gasteiger partial charge is 0.503 e. The highest BCUT2D eigenvalue weighted by Crippen LogP contribution is 2.52. The number of aliphatic hydroxyl groups is 3. The maximum absolute atomic E-state index is 12.9. The molecule has 5 N–H and O–H groups in total. The van der Waals surface area contributed by atoms with Gasteiger partial charge in [0.15, 0.2) is 5.54 Å². The van der Waals surface area contributed by atoms with Crippen molar-refractivity contribution in [3.63, 3.8) is 0 Å². The van der Waals surface area contributed by atoms with E-state index in [2.05, 4.69) is 6.92 Å². The molecule has 3 aliphatic heterocycles. The molecule has 3 rings (SSSR count). The number of rotatable bonds is 17. The van der Waals surface area contributed by atoms with E-state index in [4.69, 9.17) is 4.74 Å². The van der Waals surface area contributed by atoms with E-state index >= 15 is 0 Å². The van der Waals surface area contributed by atoms with Crippen LogP contribution in [0.15, 0.2) is 11.4 Å². The molecule has 1 unspecified atom stereocenters. The molecule has 41 heavy (non-hydrogen) atoms. The lowest BCUT2D eigenvalue weighted by Crippen LogP contribution is -2.79. The molecule has 11 nitrogen and oxygen atoms in total. The zero-order chi connectivity index (χ0) is 30.4. The third kappa shape index (κ3) is 7.20. The molecule has 2 bridgehead atoms. The van der Waals surface area contributed by atoms with Crippen LogP contribution in [-0.4, -0.2) is 88.4 Å². The third-order valence-corrected chi connectivity index (χ3v) is 10.1. The fourth-order valence-corrected chi connectivity index (χ4v) is 7.26. The van der Waals surface area contributed by atoms with Gasteiger partial charge in [-0.3, -0.25) is 4.57 Å². The molecule has 0 spiro atoms. The Bertz CT molecular complexity index is 1040. The summed E-state index contributed by atoms with van der Waals surface area (Å²) in [5, 5.41) is 33.3. The molecule has 2 fully saturated rings. The van der Waals surface area contributed by atoms with Crippen LogP contribution in [0.5, 0.6) is 0 Å². The van der Waals surface area contributed by atoms with Crippen LogP contribution in [0.4, 0.5) is 4.79 Å². The molecule has 0 aliphatic carbocycles. The first-order valence-electron chi connectivity index (χ1n) is 15.3. The quantitative estimate of drug-likeness (QED) is 0.0942. The van der Waals surface area contributed by atoms with Crippen molar-refractivity contribution < 1.29 is 48.6 Å². The van der Waals surface area contributed by atoms with E-state index in [1.165, 1.54) is 83.9 Å². The summed E-state index contributed by atoms with van der Waals surface area (Å²) < 4.78 is 19.1. The molecular formula is C29H50N2O9P+. The molecule has 0 saturated carbocycles. The zero-order valence-electron chi connectivity index (χ0n) is 24.8. The van der Waals surface area contributed by atoms with E-state index in [1.807, 2.05) is 0 Å². The second-order valence-corrected chi connectivity index (χ2v) is 13.8. The van der Waals surface area contributed by atoms with Gasteiger partial charge >= 0.3 is 19.5 Å². The van der Waals surface area contributed by atoms with Gasteiger partial charge < -0.3 is 29.8 Å². The minimum absolute atomic E-state index is 0.124. The molecule has 5 atom stereocenters. The van der Waals surface area contributed by atoms with E-state index in [-0.39, 0.29) is 6.42 Å². The fourth-order valence-electron chi connectivity index (χ4n) is 6.40. The number of carbonyl (C=O) groups excluding carboxylic acids is 2. The average molecular weight is 602 g/mol. The van der Waals surface area contributed by atoms with Crippen LogP contribution in [0.2, 0.25) is 0 Å². The predicted molar refractivity (Wildman–Crippen MR) is 153 cm³/mol. The Morgan fingerprint density at radius 2 is 1.56 bits per heavy atom. The predicted octanol–water partition coefficient (Wildman–Crippen LogP) is 3.93. The number of hydrogen-bond acceptors (Lipinski definition) is 7. The van der Waals surface area contributed by atoms with Crippen LogP contribution in [-0.2, 0) is 14.1 Å². The molecule has 0 radical (unpaired) electrons. The Labute approximate surface area is 243 Å². The van der Waals surface area contributed by atoms with Crippen molar-refractivity contribution in [3.8, 4) is 0 Å². The first-order chi connectivity index (χ1) is 19.3. The Morgan fingerprint density at radius 1 is 1.05 bits per heavy atom. The zero-order valence-corrected chi connectivity index (χ0v) is 25.7. The normalized spacial score (nSPS) is 28.6. The maximum Gasteiger partial charge on any atom is 0.503 e. The van der Waals surface area contributed by atoms with Crippen molar-refractivity contribution in [2.24, 2.45) is 0 Å². The van der Waals surface area contributed by atoms with Gasteiger partial charge in [-0.05, 0) is 26.7 Å². The second kappa shape index (κ2) is 14.3. The number of nitrogens with zero attached hydrogens (tertiary/aromatic N) is 2. The van der Waals surface area contributed by atoms with Gasteiger partial charge in [-0.2, -0.15) is 14.3 Å². The first-order valence-corrected chi connectivity index (χ1v) is 16.9. The van der Waals surface area contributed by atoms with E-state index in [0.29, 0.717) is 12.8 Å².